The van der Waals surface area contributed by atoms with E-state index in [-0.39, 0.29) is 19.1 Å². The summed E-state index contributed by atoms with van der Waals surface area (Å²) in [6.45, 7) is -0.114. The maximum atomic E-state index is 11.7. The molecule has 0 aliphatic carbocycles. The monoisotopic (exact) mass is 353 g/mol. The molecule has 0 atom stereocenters. The molecular weight excluding hydrogens is 342 g/mol. The number of carbonyl (C=O) groups is 2. The molecule has 2 amide bonds. The summed E-state index contributed by atoms with van der Waals surface area (Å²) in [5.74, 6) is -1.01. The smallest absolute Gasteiger partial charge is 0.325 e. The maximum Gasteiger partial charge on any atom is 0.325 e. The standard InChI is InChI=1S/C12H12BrN5O3/c13-8-2-1-3-9(4-8)15-12(21)14-5-10-6-18(17-16-10)7-11(19)20/h1-4,6H,5,7H2,(H,19,20)(H2,14,15,21). The predicted molar refractivity (Wildman–Crippen MR) is 77.7 cm³/mol. The van der Waals surface area contributed by atoms with Crippen molar-refractivity contribution in [3.63, 3.8) is 0 Å². The Bertz CT molecular complexity index is 658. The number of aromatic nitrogens is 3. The average molecular weight is 354 g/mol. The number of halogens is 1. The topological polar surface area (TPSA) is 109 Å². The Labute approximate surface area is 128 Å². The van der Waals surface area contributed by atoms with Gasteiger partial charge in [0.15, 0.2) is 0 Å². The van der Waals surface area contributed by atoms with Crippen LogP contribution in [0, 0.1) is 0 Å². The van der Waals surface area contributed by atoms with Gasteiger partial charge in [-0.05, 0) is 18.2 Å². The molecule has 0 saturated carbocycles. The van der Waals surface area contributed by atoms with Crippen molar-refractivity contribution in [2.45, 2.75) is 13.1 Å². The molecule has 3 N–H and O–H groups in total. The van der Waals surface area contributed by atoms with Crippen LogP contribution < -0.4 is 10.6 Å². The minimum Gasteiger partial charge on any atom is -0.480 e. The number of rotatable bonds is 5. The van der Waals surface area contributed by atoms with Crippen molar-refractivity contribution in [1.82, 2.24) is 20.3 Å². The van der Waals surface area contributed by atoms with Crippen molar-refractivity contribution in [3.8, 4) is 0 Å². The van der Waals surface area contributed by atoms with E-state index >= 15 is 0 Å². The third-order valence-corrected chi connectivity index (χ3v) is 2.89. The Morgan fingerprint density at radius 3 is 2.90 bits per heavy atom. The molecule has 2 aromatic rings. The summed E-state index contributed by atoms with van der Waals surface area (Å²) in [6, 6.07) is 6.79. The van der Waals surface area contributed by atoms with Crippen LogP contribution in [-0.2, 0) is 17.9 Å². The van der Waals surface area contributed by atoms with E-state index in [4.69, 9.17) is 5.11 Å². The van der Waals surface area contributed by atoms with Gasteiger partial charge in [-0.3, -0.25) is 4.79 Å². The lowest BCUT2D eigenvalue weighted by Gasteiger charge is -2.06. The maximum absolute atomic E-state index is 11.7. The summed E-state index contributed by atoms with van der Waals surface area (Å²) in [7, 11) is 0. The van der Waals surface area contributed by atoms with Crippen molar-refractivity contribution in [2.24, 2.45) is 0 Å². The first kappa shape index (κ1) is 15.0. The molecule has 0 bridgehead atoms. The molecule has 2 rings (SSSR count). The van der Waals surface area contributed by atoms with Crippen LogP contribution in [0.1, 0.15) is 5.69 Å². The zero-order chi connectivity index (χ0) is 15.2. The van der Waals surface area contributed by atoms with E-state index in [2.05, 4.69) is 36.9 Å². The average Bonchev–Trinajstić information content (AvgIpc) is 2.83. The number of hydrogen-bond acceptors (Lipinski definition) is 4. The van der Waals surface area contributed by atoms with Crippen LogP contribution in [0.4, 0.5) is 10.5 Å². The molecule has 0 fully saturated rings. The first-order chi connectivity index (χ1) is 10.0. The molecule has 1 aromatic heterocycles. The van der Waals surface area contributed by atoms with E-state index in [0.717, 1.165) is 4.47 Å². The van der Waals surface area contributed by atoms with Crippen LogP contribution >= 0.6 is 15.9 Å². The van der Waals surface area contributed by atoms with Gasteiger partial charge in [-0.1, -0.05) is 27.2 Å². The number of nitrogens with one attached hydrogen (secondary N) is 2. The van der Waals surface area contributed by atoms with Crippen molar-refractivity contribution in [3.05, 3.63) is 40.6 Å². The highest BCUT2D eigenvalue weighted by atomic mass is 79.9. The molecule has 0 spiro atoms. The van der Waals surface area contributed by atoms with E-state index in [9.17, 15) is 9.59 Å². The number of aliphatic carboxylic acids is 1. The van der Waals surface area contributed by atoms with Gasteiger partial charge in [0.05, 0.1) is 12.7 Å². The van der Waals surface area contributed by atoms with E-state index in [0.29, 0.717) is 11.4 Å². The van der Waals surface area contributed by atoms with Crippen LogP contribution in [0.2, 0.25) is 0 Å². The molecule has 21 heavy (non-hydrogen) atoms. The summed E-state index contributed by atoms with van der Waals surface area (Å²) >= 11 is 3.31. The summed E-state index contributed by atoms with van der Waals surface area (Å²) in [6.07, 6.45) is 1.47. The van der Waals surface area contributed by atoms with Crippen LogP contribution in [0.15, 0.2) is 34.9 Å². The number of hydrogen-bond donors (Lipinski definition) is 3. The fourth-order valence-electron chi connectivity index (χ4n) is 1.55. The first-order valence-electron chi connectivity index (χ1n) is 5.94. The number of carbonyl (C=O) groups excluding carboxylic acids is 1. The third-order valence-electron chi connectivity index (χ3n) is 2.40. The number of carboxylic acid groups (broad SMARTS) is 1. The second-order valence-corrected chi connectivity index (χ2v) is 5.03. The van der Waals surface area contributed by atoms with Gasteiger partial charge in [-0.25, -0.2) is 9.48 Å². The van der Waals surface area contributed by atoms with Gasteiger partial charge in [-0.2, -0.15) is 0 Å². The van der Waals surface area contributed by atoms with E-state index in [1.807, 2.05) is 6.07 Å². The van der Waals surface area contributed by atoms with Crippen molar-refractivity contribution in [2.75, 3.05) is 5.32 Å². The molecule has 110 valence electrons. The highest BCUT2D eigenvalue weighted by molar-refractivity contribution is 9.10. The Morgan fingerprint density at radius 1 is 1.38 bits per heavy atom. The Hall–Kier alpha value is -2.42. The number of benzene rings is 1. The lowest BCUT2D eigenvalue weighted by Crippen LogP contribution is -2.28. The van der Waals surface area contributed by atoms with Gasteiger partial charge in [0.2, 0.25) is 0 Å². The van der Waals surface area contributed by atoms with Gasteiger partial charge in [-0.15, -0.1) is 5.10 Å². The van der Waals surface area contributed by atoms with Crippen LogP contribution in [0.3, 0.4) is 0 Å². The van der Waals surface area contributed by atoms with Crippen LogP contribution in [-0.4, -0.2) is 32.1 Å². The molecular formula is C12H12BrN5O3. The summed E-state index contributed by atoms with van der Waals surface area (Å²) in [5.41, 5.74) is 1.12. The predicted octanol–water partition coefficient (Wildman–Crippen LogP) is 1.45. The van der Waals surface area contributed by atoms with Gasteiger partial charge < -0.3 is 15.7 Å². The molecule has 0 radical (unpaired) electrons. The normalized spacial score (nSPS) is 10.1. The molecule has 1 aromatic carbocycles. The molecule has 0 unspecified atom stereocenters. The Morgan fingerprint density at radius 2 is 2.19 bits per heavy atom. The number of amides is 2. The second kappa shape index (κ2) is 6.84. The van der Waals surface area contributed by atoms with Crippen molar-refractivity contribution >= 4 is 33.6 Å². The number of carboxylic acids is 1. The Kier molecular flexibility index (Phi) is 4.88. The molecule has 0 aliphatic rings. The first-order valence-corrected chi connectivity index (χ1v) is 6.73. The van der Waals surface area contributed by atoms with Crippen LogP contribution in [0.25, 0.3) is 0 Å². The minimum atomic E-state index is -1.01. The SMILES string of the molecule is O=C(O)Cn1cc(CNC(=O)Nc2cccc(Br)c2)nn1. The lowest BCUT2D eigenvalue weighted by molar-refractivity contribution is -0.137. The Balaban J connectivity index is 1.83. The number of nitrogens with zero attached hydrogens (tertiary/aromatic N) is 3. The molecule has 0 aliphatic heterocycles. The van der Waals surface area contributed by atoms with E-state index < -0.39 is 5.97 Å². The van der Waals surface area contributed by atoms with Gasteiger partial charge in [0, 0.05) is 10.2 Å². The van der Waals surface area contributed by atoms with Crippen molar-refractivity contribution in [1.29, 1.82) is 0 Å². The molecule has 0 saturated heterocycles. The zero-order valence-electron chi connectivity index (χ0n) is 10.8. The zero-order valence-corrected chi connectivity index (χ0v) is 12.4. The number of anilines is 1. The lowest BCUT2D eigenvalue weighted by atomic mass is 10.3. The quantitative estimate of drug-likeness (QED) is 0.753. The van der Waals surface area contributed by atoms with Gasteiger partial charge >= 0.3 is 12.0 Å². The largest absolute Gasteiger partial charge is 0.480 e. The fraction of sp³-hybridized carbons (Fsp3) is 0.167. The fourth-order valence-corrected chi connectivity index (χ4v) is 1.95. The van der Waals surface area contributed by atoms with E-state index in [1.165, 1.54) is 10.9 Å². The van der Waals surface area contributed by atoms with Gasteiger partial charge in [0.25, 0.3) is 0 Å². The molecule has 8 nitrogen and oxygen atoms in total. The van der Waals surface area contributed by atoms with Crippen molar-refractivity contribution < 1.29 is 14.7 Å². The molecule has 9 heteroatoms. The molecule has 1 heterocycles. The summed E-state index contributed by atoms with van der Waals surface area (Å²) in [5, 5.41) is 21.3. The highest BCUT2D eigenvalue weighted by Crippen LogP contribution is 2.15. The van der Waals surface area contributed by atoms with Crippen LogP contribution in [0.5, 0.6) is 0 Å². The van der Waals surface area contributed by atoms with Gasteiger partial charge in [0.1, 0.15) is 12.2 Å². The highest BCUT2D eigenvalue weighted by Gasteiger charge is 2.06. The second-order valence-electron chi connectivity index (χ2n) is 4.12. The summed E-state index contributed by atoms with van der Waals surface area (Å²) < 4.78 is 2.04. The minimum absolute atomic E-state index is 0.152. The number of urea groups is 1. The third kappa shape index (κ3) is 4.88. The van der Waals surface area contributed by atoms with E-state index in [1.54, 1.807) is 18.2 Å². The summed E-state index contributed by atoms with van der Waals surface area (Å²) in [4.78, 5) is 22.2.